The second kappa shape index (κ2) is 8.14. The molecule has 27 heavy (non-hydrogen) atoms. The molecular formula is C21H20N2O3S. The van der Waals surface area contributed by atoms with Crippen LogP contribution in [0.2, 0.25) is 0 Å². The van der Waals surface area contributed by atoms with Gasteiger partial charge in [0.05, 0.1) is 5.69 Å². The highest BCUT2D eigenvalue weighted by molar-refractivity contribution is 7.16. The first-order chi connectivity index (χ1) is 12.9. The summed E-state index contributed by atoms with van der Waals surface area (Å²) in [4.78, 5) is 29.0. The number of hydrogen-bond acceptors (Lipinski definition) is 5. The number of thiazole rings is 1. The second-order valence-electron chi connectivity index (χ2n) is 6.21. The van der Waals surface area contributed by atoms with Crippen molar-refractivity contribution in [2.45, 2.75) is 20.8 Å². The molecule has 0 saturated heterocycles. The Morgan fingerprint density at radius 3 is 2.33 bits per heavy atom. The molecule has 0 aliphatic carbocycles. The Kier molecular flexibility index (Phi) is 5.66. The summed E-state index contributed by atoms with van der Waals surface area (Å²) < 4.78 is 5.46. The fraction of sp³-hybridized carbons (Fsp3) is 0.190. The van der Waals surface area contributed by atoms with E-state index < -0.39 is 0 Å². The first kappa shape index (κ1) is 18.8. The SMILES string of the molecule is CC(=O)c1ccc(OCC(=O)Nc2nc(-c3ccc(C)cc3)c(C)s2)cc1. The summed E-state index contributed by atoms with van der Waals surface area (Å²) in [6.45, 7) is 5.40. The maximum atomic E-state index is 12.1. The number of aryl methyl sites for hydroxylation is 2. The summed E-state index contributed by atoms with van der Waals surface area (Å²) in [6.07, 6.45) is 0. The van der Waals surface area contributed by atoms with Crippen molar-refractivity contribution in [1.82, 2.24) is 4.98 Å². The van der Waals surface area contributed by atoms with Gasteiger partial charge in [-0.1, -0.05) is 29.8 Å². The van der Waals surface area contributed by atoms with Crippen LogP contribution in [0, 0.1) is 13.8 Å². The smallest absolute Gasteiger partial charge is 0.264 e. The molecule has 0 spiro atoms. The van der Waals surface area contributed by atoms with Crippen LogP contribution in [-0.2, 0) is 4.79 Å². The molecule has 138 valence electrons. The van der Waals surface area contributed by atoms with Gasteiger partial charge in [-0.2, -0.15) is 0 Å². The molecule has 5 nitrogen and oxygen atoms in total. The molecule has 0 radical (unpaired) electrons. The Labute approximate surface area is 162 Å². The molecule has 6 heteroatoms. The summed E-state index contributed by atoms with van der Waals surface area (Å²) in [5.74, 6) is 0.239. The second-order valence-corrected chi connectivity index (χ2v) is 7.41. The summed E-state index contributed by atoms with van der Waals surface area (Å²) in [7, 11) is 0. The van der Waals surface area contributed by atoms with Crippen molar-refractivity contribution in [3.8, 4) is 17.0 Å². The van der Waals surface area contributed by atoms with Crippen molar-refractivity contribution in [2.75, 3.05) is 11.9 Å². The van der Waals surface area contributed by atoms with Gasteiger partial charge in [0.25, 0.3) is 5.91 Å². The first-order valence-corrected chi connectivity index (χ1v) is 9.32. The van der Waals surface area contributed by atoms with Crippen LogP contribution < -0.4 is 10.1 Å². The average Bonchev–Trinajstić information content (AvgIpc) is 3.01. The molecule has 0 fully saturated rings. The van der Waals surface area contributed by atoms with E-state index in [1.807, 2.05) is 38.1 Å². The number of ether oxygens (including phenoxy) is 1. The van der Waals surface area contributed by atoms with E-state index in [0.29, 0.717) is 16.4 Å². The average molecular weight is 380 g/mol. The largest absolute Gasteiger partial charge is 0.484 e. The van der Waals surface area contributed by atoms with E-state index in [2.05, 4.69) is 10.3 Å². The fourth-order valence-corrected chi connectivity index (χ4v) is 3.37. The van der Waals surface area contributed by atoms with Crippen molar-refractivity contribution in [1.29, 1.82) is 0 Å². The minimum absolute atomic E-state index is 0.0113. The van der Waals surface area contributed by atoms with E-state index in [4.69, 9.17) is 4.74 Å². The number of carbonyl (C=O) groups excluding carboxylic acids is 2. The minimum Gasteiger partial charge on any atom is -0.484 e. The van der Waals surface area contributed by atoms with Crippen molar-refractivity contribution < 1.29 is 14.3 Å². The Morgan fingerprint density at radius 2 is 1.70 bits per heavy atom. The summed E-state index contributed by atoms with van der Waals surface area (Å²) >= 11 is 1.43. The maximum absolute atomic E-state index is 12.1. The molecule has 3 aromatic rings. The van der Waals surface area contributed by atoms with Gasteiger partial charge in [0.1, 0.15) is 5.75 Å². The van der Waals surface area contributed by atoms with Crippen LogP contribution in [0.4, 0.5) is 5.13 Å². The monoisotopic (exact) mass is 380 g/mol. The molecule has 3 rings (SSSR count). The minimum atomic E-state index is -0.283. The number of nitrogens with one attached hydrogen (secondary N) is 1. The lowest BCUT2D eigenvalue weighted by atomic mass is 10.1. The number of benzene rings is 2. The molecule has 0 atom stereocenters. The van der Waals surface area contributed by atoms with E-state index in [0.717, 1.165) is 16.1 Å². The van der Waals surface area contributed by atoms with Crippen molar-refractivity contribution in [2.24, 2.45) is 0 Å². The Hall–Kier alpha value is -2.99. The summed E-state index contributed by atoms with van der Waals surface area (Å²) in [5, 5.41) is 3.32. The zero-order chi connectivity index (χ0) is 19.4. The van der Waals surface area contributed by atoms with Gasteiger partial charge in [0.2, 0.25) is 0 Å². The highest BCUT2D eigenvalue weighted by Gasteiger charge is 2.12. The van der Waals surface area contributed by atoms with Crippen LogP contribution in [0.5, 0.6) is 5.75 Å². The van der Waals surface area contributed by atoms with E-state index in [9.17, 15) is 9.59 Å². The van der Waals surface area contributed by atoms with Crippen molar-refractivity contribution in [3.63, 3.8) is 0 Å². The number of anilines is 1. The lowest BCUT2D eigenvalue weighted by Crippen LogP contribution is -2.20. The number of carbonyl (C=O) groups is 2. The molecule has 1 aromatic heterocycles. The Morgan fingerprint density at radius 1 is 1.04 bits per heavy atom. The standard InChI is InChI=1S/C21H20N2O3S/c1-13-4-6-17(7-5-13)20-15(3)27-21(23-20)22-19(25)12-26-18-10-8-16(9-11-18)14(2)24/h4-11H,12H2,1-3H3,(H,22,23,25). The molecule has 1 N–H and O–H groups in total. The predicted octanol–water partition coefficient (Wildman–Crippen LogP) is 4.65. The van der Waals surface area contributed by atoms with Gasteiger partial charge in [0.15, 0.2) is 17.5 Å². The first-order valence-electron chi connectivity index (χ1n) is 8.50. The van der Waals surface area contributed by atoms with Gasteiger partial charge >= 0.3 is 0 Å². The molecule has 0 aliphatic heterocycles. The van der Waals surface area contributed by atoms with Crippen LogP contribution in [0.15, 0.2) is 48.5 Å². The van der Waals surface area contributed by atoms with Crippen molar-refractivity contribution in [3.05, 3.63) is 64.5 Å². The quantitative estimate of drug-likeness (QED) is 0.632. The van der Waals surface area contributed by atoms with E-state index in [1.165, 1.54) is 23.8 Å². The highest BCUT2D eigenvalue weighted by Crippen LogP contribution is 2.30. The molecule has 2 aromatic carbocycles. The van der Waals surface area contributed by atoms with Gasteiger partial charge in [-0.15, -0.1) is 11.3 Å². The molecule has 0 saturated carbocycles. The van der Waals surface area contributed by atoms with Gasteiger partial charge in [0, 0.05) is 16.0 Å². The third-order valence-electron chi connectivity index (χ3n) is 4.00. The fourth-order valence-electron chi connectivity index (χ4n) is 2.52. The lowest BCUT2D eigenvalue weighted by Gasteiger charge is -2.06. The summed E-state index contributed by atoms with van der Waals surface area (Å²) in [5.41, 5.74) is 3.69. The van der Waals surface area contributed by atoms with E-state index in [1.54, 1.807) is 24.3 Å². The van der Waals surface area contributed by atoms with E-state index >= 15 is 0 Å². The number of aromatic nitrogens is 1. The predicted molar refractivity (Wildman–Crippen MR) is 108 cm³/mol. The third-order valence-corrected chi connectivity index (χ3v) is 4.88. The number of rotatable bonds is 6. The number of ketones is 1. The Bertz CT molecular complexity index is 960. The van der Waals surface area contributed by atoms with Crippen LogP contribution in [0.3, 0.4) is 0 Å². The van der Waals surface area contributed by atoms with Gasteiger partial charge < -0.3 is 4.74 Å². The topological polar surface area (TPSA) is 68.3 Å². The van der Waals surface area contributed by atoms with Gasteiger partial charge in [-0.3, -0.25) is 14.9 Å². The van der Waals surface area contributed by atoms with Gasteiger partial charge in [-0.05, 0) is 45.0 Å². The number of hydrogen-bond donors (Lipinski definition) is 1. The zero-order valence-corrected chi connectivity index (χ0v) is 16.2. The Balaban J connectivity index is 1.60. The normalized spacial score (nSPS) is 10.5. The number of Topliss-reactive ketones (excluding diaryl/α,β-unsaturated/α-hetero) is 1. The van der Waals surface area contributed by atoms with Crippen LogP contribution in [0.25, 0.3) is 11.3 Å². The zero-order valence-electron chi connectivity index (χ0n) is 15.4. The molecule has 0 bridgehead atoms. The molecule has 0 aliphatic rings. The highest BCUT2D eigenvalue weighted by atomic mass is 32.1. The van der Waals surface area contributed by atoms with Crippen LogP contribution in [-0.4, -0.2) is 23.3 Å². The van der Waals surface area contributed by atoms with Crippen LogP contribution >= 0.6 is 11.3 Å². The van der Waals surface area contributed by atoms with Crippen LogP contribution in [0.1, 0.15) is 27.7 Å². The molecular weight excluding hydrogens is 360 g/mol. The number of amides is 1. The van der Waals surface area contributed by atoms with Crippen molar-refractivity contribution >= 4 is 28.2 Å². The third kappa shape index (κ3) is 4.80. The lowest BCUT2D eigenvalue weighted by molar-refractivity contribution is -0.118. The molecule has 0 unspecified atom stereocenters. The van der Waals surface area contributed by atoms with Gasteiger partial charge in [-0.25, -0.2) is 4.98 Å². The molecule has 1 amide bonds. The maximum Gasteiger partial charge on any atom is 0.264 e. The summed E-state index contributed by atoms with van der Waals surface area (Å²) in [6, 6.07) is 14.8. The van der Waals surface area contributed by atoms with E-state index in [-0.39, 0.29) is 18.3 Å². The molecule has 1 heterocycles. The number of nitrogens with zero attached hydrogens (tertiary/aromatic N) is 1.